The van der Waals surface area contributed by atoms with Gasteiger partial charge in [-0.1, -0.05) is 36.4 Å². The predicted molar refractivity (Wildman–Crippen MR) is 154 cm³/mol. The Morgan fingerprint density at radius 1 is 0.718 bits per heavy atom. The molecule has 1 amide bonds. The van der Waals surface area contributed by atoms with E-state index in [9.17, 15) is 9.90 Å². The summed E-state index contributed by atoms with van der Waals surface area (Å²) in [6.07, 6.45) is 0. The number of phenols is 1. The van der Waals surface area contributed by atoms with E-state index in [0.29, 0.717) is 17.9 Å². The lowest BCUT2D eigenvalue weighted by molar-refractivity contribution is 0.0985. The molecule has 6 heteroatoms. The van der Waals surface area contributed by atoms with Crippen molar-refractivity contribution in [3.8, 4) is 34.1 Å². The van der Waals surface area contributed by atoms with Crippen molar-refractivity contribution in [3.63, 3.8) is 0 Å². The van der Waals surface area contributed by atoms with Crippen LogP contribution in [0.15, 0.2) is 103 Å². The zero-order valence-electron chi connectivity index (χ0n) is 22.0. The van der Waals surface area contributed by atoms with E-state index >= 15 is 0 Å². The Bertz CT molecular complexity index is 1630. The molecule has 39 heavy (non-hydrogen) atoms. The molecule has 6 nitrogen and oxygen atoms in total. The van der Waals surface area contributed by atoms with Gasteiger partial charge in [-0.15, -0.1) is 0 Å². The van der Waals surface area contributed by atoms with Gasteiger partial charge in [0.05, 0.1) is 27.9 Å². The van der Waals surface area contributed by atoms with Crippen molar-refractivity contribution in [1.29, 1.82) is 0 Å². The molecule has 0 bridgehead atoms. The predicted octanol–water partition coefficient (Wildman–Crippen LogP) is 7.09. The molecule has 0 aliphatic rings. The molecule has 0 aliphatic heterocycles. The van der Waals surface area contributed by atoms with E-state index in [1.54, 1.807) is 44.4 Å². The maximum atomic E-state index is 14.2. The summed E-state index contributed by atoms with van der Waals surface area (Å²) in [5.41, 5.74) is 3.89. The van der Waals surface area contributed by atoms with Gasteiger partial charge in [-0.05, 0) is 88.6 Å². The van der Waals surface area contributed by atoms with Crippen molar-refractivity contribution in [2.75, 3.05) is 26.2 Å². The van der Waals surface area contributed by atoms with Crippen molar-refractivity contribution in [2.45, 2.75) is 6.54 Å². The number of methoxy groups -OCH3 is 3. The molecular weight excluding hydrogens is 490 g/mol. The summed E-state index contributed by atoms with van der Waals surface area (Å²) < 4.78 is 16.3. The van der Waals surface area contributed by atoms with Crippen LogP contribution in [0.1, 0.15) is 15.9 Å². The summed E-state index contributed by atoms with van der Waals surface area (Å²) in [5.74, 6) is 2.17. The van der Waals surface area contributed by atoms with E-state index in [-0.39, 0.29) is 11.7 Å². The molecule has 5 rings (SSSR count). The topological polar surface area (TPSA) is 68.2 Å². The molecule has 0 saturated heterocycles. The van der Waals surface area contributed by atoms with Crippen LogP contribution in [0.5, 0.6) is 23.0 Å². The lowest BCUT2D eigenvalue weighted by Gasteiger charge is -2.24. The minimum Gasteiger partial charge on any atom is -0.508 e. The number of amides is 1. The summed E-state index contributed by atoms with van der Waals surface area (Å²) >= 11 is 0. The number of rotatable bonds is 8. The molecule has 5 aromatic carbocycles. The number of aromatic hydroxyl groups is 1. The average Bonchev–Trinajstić information content (AvgIpc) is 2.99. The van der Waals surface area contributed by atoms with Crippen LogP contribution in [-0.2, 0) is 6.54 Å². The number of nitrogens with zero attached hydrogens (tertiary/aromatic N) is 1. The SMILES string of the molecule is COc1ccc(CN(C(=O)c2ccc(OC)c(-c3cccc(OC)c3)c2)c2ccc3cc(O)ccc3c2)cc1. The Balaban J connectivity index is 1.58. The van der Waals surface area contributed by atoms with E-state index in [4.69, 9.17) is 14.2 Å². The quantitative estimate of drug-likeness (QED) is 0.237. The highest BCUT2D eigenvalue weighted by atomic mass is 16.5. The van der Waals surface area contributed by atoms with Crippen LogP contribution < -0.4 is 19.1 Å². The molecule has 5 aromatic rings. The number of anilines is 1. The van der Waals surface area contributed by atoms with Gasteiger partial charge in [0.2, 0.25) is 0 Å². The van der Waals surface area contributed by atoms with Crippen molar-refractivity contribution < 1.29 is 24.1 Å². The molecule has 196 valence electrons. The molecule has 0 fully saturated rings. The number of hydrogen-bond acceptors (Lipinski definition) is 5. The number of phenolic OH excluding ortho intramolecular Hbond substituents is 1. The van der Waals surface area contributed by atoms with Crippen LogP contribution in [0.2, 0.25) is 0 Å². The van der Waals surface area contributed by atoms with Crippen LogP contribution in [0.25, 0.3) is 21.9 Å². The smallest absolute Gasteiger partial charge is 0.258 e. The third-order valence-electron chi connectivity index (χ3n) is 6.69. The van der Waals surface area contributed by atoms with E-state index in [1.807, 2.05) is 84.9 Å². The summed E-state index contributed by atoms with van der Waals surface area (Å²) in [6.45, 7) is 0.354. The fourth-order valence-corrected chi connectivity index (χ4v) is 4.60. The van der Waals surface area contributed by atoms with E-state index in [1.165, 1.54) is 0 Å². The first-order chi connectivity index (χ1) is 19.0. The van der Waals surface area contributed by atoms with E-state index in [2.05, 4.69) is 0 Å². The Hall–Kier alpha value is -4.97. The van der Waals surface area contributed by atoms with Gasteiger partial charge in [-0.2, -0.15) is 0 Å². The molecule has 0 heterocycles. The van der Waals surface area contributed by atoms with Crippen LogP contribution in [0.4, 0.5) is 5.69 Å². The largest absolute Gasteiger partial charge is 0.508 e. The second-order valence-electron chi connectivity index (χ2n) is 9.10. The number of benzene rings is 5. The first-order valence-corrected chi connectivity index (χ1v) is 12.5. The summed E-state index contributed by atoms with van der Waals surface area (Å²) in [4.78, 5) is 15.9. The normalized spacial score (nSPS) is 10.7. The van der Waals surface area contributed by atoms with Gasteiger partial charge in [-0.3, -0.25) is 4.79 Å². The van der Waals surface area contributed by atoms with Crippen molar-refractivity contribution in [1.82, 2.24) is 0 Å². The third kappa shape index (κ3) is 5.50. The Kier molecular flexibility index (Phi) is 7.37. The van der Waals surface area contributed by atoms with E-state index < -0.39 is 0 Å². The maximum Gasteiger partial charge on any atom is 0.258 e. The van der Waals surface area contributed by atoms with Gasteiger partial charge in [0.1, 0.15) is 23.0 Å². The molecular formula is C33H29NO5. The molecule has 0 aromatic heterocycles. The van der Waals surface area contributed by atoms with Crippen LogP contribution in [0.3, 0.4) is 0 Å². The summed E-state index contributed by atoms with van der Waals surface area (Å²) in [6, 6.07) is 31.8. The number of carbonyl (C=O) groups is 1. The molecule has 0 unspecified atom stereocenters. The fraction of sp³-hybridized carbons (Fsp3) is 0.121. The molecule has 0 spiro atoms. The van der Waals surface area contributed by atoms with Crippen molar-refractivity contribution in [2.24, 2.45) is 0 Å². The van der Waals surface area contributed by atoms with Crippen LogP contribution >= 0.6 is 0 Å². The maximum absolute atomic E-state index is 14.2. The number of carbonyl (C=O) groups excluding carboxylic acids is 1. The lowest BCUT2D eigenvalue weighted by atomic mass is 10.0. The second kappa shape index (κ2) is 11.2. The Labute approximate surface area is 227 Å². The van der Waals surface area contributed by atoms with Crippen LogP contribution in [-0.4, -0.2) is 32.3 Å². The van der Waals surface area contributed by atoms with Gasteiger partial charge >= 0.3 is 0 Å². The lowest BCUT2D eigenvalue weighted by Crippen LogP contribution is -2.30. The summed E-state index contributed by atoms with van der Waals surface area (Å²) in [5, 5.41) is 11.7. The fourth-order valence-electron chi connectivity index (χ4n) is 4.60. The van der Waals surface area contributed by atoms with Gasteiger partial charge in [0.15, 0.2) is 0 Å². The Morgan fingerprint density at radius 3 is 2.21 bits per heavy atom. The van der Waals surface area contributed by atoms with Crippen LogP contribution in [0, 0.1) is 0 Å². The monoisotopic (exact) mass is 519 g/mol. The van der Waals surface area contributed by atoms with Crippen molar-refractivity contribution >= 4 is 22.4 Å². The molecule has 0 radical (unpaired) electrons. The van der Waals surface area contributed by atoms with Gasteiger partial charge < -0.3 is 24.2 Å². The number of ether oxygens (including phenoxy) is 3. The first-order valence-electron chi connectivity index (χ1n) is 12.5. The highest BCUT2D eigenvalue weighted by Crippen LogP contribution is 2.34. The second-order valence-corrected chi connectivity index (χ2v) is 9.10. The molecule has 0 aliphatic carbocycles. The third-order valence-corrected chi connectivity index (χ3v) is 6.69. The van der Waals surface area contributed by atoms with Gasteiger partial charge in [-0.25, -0.2) is 0 Å². The average molecular weight is 520 g/mol. The van der Waals surface area contributed by atoms with E-state index in [0.717, 1.165) is 44.6 Å². The highest BCUT2D eigenvalue weighted by molar-refractivity contribution is 6.08. The summed E-state index contributed by atoms with van der Waals surface area (Å²) in [7, 11) is 4.86. The number of fused-ring (bicyclic) bond motifs is 1. The minimum absolute atomic E-state index is 0.157. The zero-order chi connectivity index (χ0) is 27.4. The minimum atomic E-state index is -0.157. The highest BCUT2D eigenvalue weighted by Gasteiger charge is 2.21. The van der Waals surface area contributed by atoms with Gasteiger partial charge in [0, 0.05) is 16.8 Å². The molecule has 0 saturated carbocycles. The molecule has 1 N–H and O–H groups in total. The standard InChI is InChI=1S/C33H29NO5/c1-37-29-14-7-22(8-15-29)21-34(27-12-9-24-18-28(35)13-10-23(24)17-27)33(36)26-11-16-32(39-3)31(20-26)25-5-4-6-30(19-25)38-2/h4-20,35H,21H2,1-3H3. The molecule has 0 atom stereocenters. The van der Waals surface area contributed by atoms with Gasteiger partial charge in [0.25, 0.3) is 5.91 Å². The Morgan fingerprint density at radius 2 is 1.46 bits per heavy atom. The first kappa shape index (κ1) is 25.7. The number of hydrogen-bond donors (Lipinski definition) is 1. The zero-order valence-corrected chi connectivity index (χ0v) is 22.0. The van der Waals surface area contributed by atoms with Crippen molar-refractivity contribution in [3.05, 3.63) is 114 Å².